The third-order valence-electron chi connectivity index (χ3n) is 3.09. The van der Waals surface area contributed by atoms with Gasteiger partial charge >= 0.3 is 5.97 Å². The van der Waals surface area contributed by atoms with Crippen LogP contribution >= 0.6 is 0 Å². The van der Waals surface area contributed by atoms with E-state index < -0.39 is 5.97 Å². The Kier molecular flexibility index (Phi) is 3.40. The number of nitriles is 1. The summed E-state index contributed by atoms with van der Waals surface area (Å²) in [5.41, 5.74) is 1.62. The van der Waals surface area contributed by atoms with Crippen molar-refractivity contribution in [1.29, 1.82) is 5.26 Å². The van der Waals surface area contributed by atoms with Crippen molar-refractivity contribution in [3.8, 4) is 6.07 Å². The van der Waals surface area contributed by atoms with Gasteiger partial charge in [-0.05, 0) is 37.1 Å². The molecule has 0 bridgehead atoms. The van der Waals surface area contributed by atoms with Crippen LogP contribution in [0.25, 0.3) is 0 Å². The van der Waals surface area contributed by atoms with Gasteiger partial charge in [0.25, 0.3) is 0 Å². The molecule has 0 spiro atoms. The number of carbonyl (C=O) groups is 1. The minimum Gasteiger partial charge on any atom is -0.480 e. The first-order valence-corrected chi connectivity index (χ1v) is 5.66. The van der Waals surface area contributed by atoms with Crippen molar-refractivity contribution in [3.63, 3.8) is 0 Å². The van der Waals surface area contributed by atoms with Gasteiger partial charge in [0, 0.05) is 6.54 Å². The Hall–Kier alpha value is -1.86. The Morgan fingerprint density at radius 2 is 2.41 bits per heavy atom. The minimum absolute atomic E-state index is 0.374. The normalized spacial score (nSPS) is 20.1. The van der Waals surface area contributed by atoms with Gasteiger partial charge in [-0.1, -0.05) is 12.1 Å². The van der Waals surface area contributed by atoms with Gasteiger partial charge < -0.3 is 5.11 Å². The number of carboxylic acid groups (broad SMARTS) is 1. The summed E-state index contributed by atoms with van der Waals surface area (Å²) in [7, 11) is 0. The highest BCUT2D eigenvalue weighted by atomic mass is 16.4. The molecule has 0 aliphatic carbocycles. The van der Waals surface area contributed by atoms with Crippen molar-refractivity contribution in [2.45, 2.75) is 25.4 Å². The molecule has 2 rings (SSSR count). The van der Waals surface area contributed by atoms with Gasteiger partial charge in [0.15, 0.2) is 0 Å². The highest BCUT2D eigenvalue weighted by Gasteiger charge is 2.30. The predicted molar refractivity (Wildman–Crippen MR) is 62.2 cm³/mol. The Balaban J connectivity index is 2.10. The van der Waals surface area contributed by atoms with Crippen molar-refractivity contribution in [3.05, 3.63) is 35.4 Å². The van der Waals surface area contributed by atoms with E-state index in [1.807, 2.05) is 23.1 Å². The molecule has 17 heavy (non-hydrogen) atoms. The fourth-order valence-electron chi connectivity index (χ4n) is 2.27. The topological polar surface area (TPSA) is 64.3 Å². The number of hydrogen-bond acceptors (Lipinski definition) is 3. The largest absolute Gasteiger partial charge is 0.480 e. The average Bonchev–Trinajstić information content (AvgIpc) is 2.77. The van der Waals surface area contributed by atoms with E-state index >= 15 is 0 Å². The van der Waals surface area contributed by atoms with Crippen LogP contribution in [-0.2, 0) is 11.3 Å². The molecule has 0 aromatic heterocycles. The summed E-state index contributed by atoms with van der Waals surface area (Å²) in [5, 5.41) is 17.9. The number of benzene rings is 1. The molecule has 1 N–H and O–H groups in total. The molecular weight excluding hydrogens is 216 g/mol. The number of nitrogens with zero attached hydrogens (tertiary/aromatic N) is 2. The zero-order valence-corrected chi connectivity index (χ0v) is 9.47. The maximum absolute atomic E-state index is 11.0. The van der Waals surface area contributed by atoms with Gasteiger partial charge in [0.05, 0.1) is 11.6 Å². The van der Waals surface area contributed by atoms with E-state index in [4.69, 9.17) is 10.4 Å². The molecule has 0 amide bonds. The quantitative estimate of drug-likeness (QED) is 0.856. The van der Waals surface area contributed by atoms with Crippen LogP contribution in [0, 0.1) is 11.3 Å². The highest BCUT2D eigenvalue weighted by molar-refractivity contribution is 5.73. The van der Waals surface area contributed by atoms with Gasteiger partial charge in [0.2, 0.25) is 0 Å². The summed E-state index contributed by atoms with van der Waals surface area (Å²) >= 11 is 0. The molecule has 1 aliphatic heterocycles. The van der Waals surface area contributed by atoms with Crippen molar-refractivity contribution >= 4 is 5.97 Å². The van der Waals surface area contributed by atoms with Gasteiger partial charge in [-0.3, -0.25) is 9.69 Å². The molecular formula is C13H14N2O2. The smallest absolute Gasteiger partial charge is 0.320 e. The molecule has 0 radical (unpaired) electrons. The molecule has 1 saturated heterocycles. The van der Waals surface area contributed by atoms with E-state index in [1.165, 1.54) is 0 Å². The van der Waals surface area contributed by atoms with E-state index in [-0.39, 0.29) is 6.04 Å². The molecule has 1 aliphatic rings. The van der Waals surface area contributed by atoms with Crippen LogP contribution in [0.15, 0.2) is 24.3 Å². The molecule has 4 heteroatoms. The Labute approximate surface area is 100 Å². The zero-order valence-electron chi connectivity index (χ0n) is 9.47. The molecule has 88 valence electrons. The molecule has 1 fully saturated rings. The number of rotatable bonds is 3. The van der Waals surface area contributed by atoms with Crippen molar-refractivity contribution in [2.24, 2.45) is 0 Å². The highest BCUT2D eigenvalue weighted by Crippen LogP contribution is 2.20. The summed E-state index contributed by atoms with van der Waals surface area (Å²) in [5.74, 6) is -0.751. The van der Waals surface area contributed by atoms with Crippen LogP contribution in [0.2, 0.25) is 0 Å². The van der Waals surface area contributed by atoms with Gasteiger partial charge in [0.1, 0.15) is 6.04 Å². The molecule has 1 aromatic rings. The summed E-state index contributed by atoms with van der Waals surface area (Å²) < 4.78 is 0. The third kappa shape index (κ3) is 2.63. The average molecular weight is 230 g/mol. The number of carboxylic acids is 1. The lowest BCUT2D eigenvalue weighted by molar-refractivity contribution is -0.142. The van der Waals surface area contributed by atoms with E-state index in [0.717, 1.165) is 18.5 Å². The van der Waals surface area contributed by atoms with Crippen LogP contribution in [0.3, 0.4) is 0 Å². The summed E-state index contributed by atoms with van der Waals surface area (Å²) in [4.78, 5) is 13.0. The molecule has 1 heterocycles. The number of likely N-dealkylation sites (tertiary alicyclic amines) is 1. The van der Waals surface area contributed by atoms with E-state index in [2.05, 4.69) is 6.07 Å². The fraction of sp³-hybridized carbons (Fsp3) is 0.385. The summed E-state index contributed by atoms with van der Waals surface area (Å²) in [6, 6.07) is 9.05. The van der Waals surface area contributed by atoms with Crippen molar-refractivity contribution in [1.82, 2.24) is 4.90 Å². The van der Waals surface area contributed by atoms with Gasteiger partial charge in [-0.25, -0.2) is 0 Å². The van der Waals surface area contributed by atoms with E-state index in [0.29, 0.717) is 18.5 Å². The monoisotopic (exact) mass is 230 g/mol. The van der Waals surface area contributed by atoms with Crippen molar-refractivity contribution < 1.29 is 9.90 Å². The summed E-state index contributed by atoms with van der Waals surface area (Å²) in [6.45, 7) is 1.42. The minimum atomic E-state index is -0.751. The molecule has 0 unspecified atom stereocenters. The Bertz CT molecular complexity index is 465. The first-order valence-electron chi connectivity index (χ1n) is 5.66. The Morgan fingerprint density at radius 3 is 3.12 bits per heavy atom. The second kappa shape index (κ2) is 4.98. The lowest BCUT2D eigenvalue weighted by Gasteiger charge is -2.20. The first kappa shape index (κ1) is 11.6. The lowest BCUT2D eigenvalue weighted by atomic mass is 10.1. The maximum atomic E-state index is 11.0. The van der Waals surface area contributed by atoms with Crippen LogP contribution in [0.4, 0.5) is 0 Å². The lowest BCUT2D eigenvalue weighted by Crippen LogP contribution is -2.35. The van der Waals surface area contributed by atoms with Crippen LogP contribution in [0.1, 0.15) is 24.0 Å². The number of aliphatic carboxylic acids is 1. The van der Waals surface area contributed by atoms with E-state index in [9.17, 15) is 4.79 Å². The zero-order chi connectivity index (χ0) is 12.3. The SMILES string of the molecule is N#Cc1cccc(CN2CCC[C@H]2C(=O)O)c1. The summed E-state index contributed by atoms with van der Waals surface area (Å²) in [6.07, 6.45) is 1.64. The van der Waals surface area contributed by atoms with Crippen LogP contribution < -0.4 is 0 Å². The van der Waals surface area contributed by atoms with Gasteiger partial charge in [-0.15, -0.1) is 0 Å². The van der Waals surface area contributed by atoms with E-state index in [1.54, 1.807) is 6.07 Å². The second-order valence-corrected chi connectivity index (χ2v) is 4.28. The van der Waals surface area contributed by atoms with Crippen molar-refractivity contribution in [2.75, 3.05) is 6.54 Å². The molecule has 1 atom stereocenters. The number of hydrogen-bond donors (Lipinski definition) is 1. The standard InChI is InChI=1S/C13H14N2O2/c14-8-10-3-1-4-11(7-10)9-15-6-2-5-12(15)13(16)17/h1,3-4,7,12H,2,5-6,9H2,(H,16,17)/t12-/m0/s1. The maximum Gasteiger partial charge on any atom is 0.320 e. The second-order valence-electron chi connectivity index (χ2n) is 4.28. The predicted octanol–water partition coefficient (Wildman–Crippen LogP) is 1.61. The third-order valence-corrected chi connectivity index (χ3v) is 3.09. The van der Waals surface area contributed by atoms with Gasteiger partial charge in [-0.2, -0.15) is 5.26 Å². The molecule has 1 aromatic carbocycles. The molecule has 0 saturated carbocycles. The van der Waals surface area contributed by atoms with Crippen LogP contribution in [0.5, 0.6) is 0 Å². The first-order chi connectivity index (χ1) is 8.20. The fourth-order valence-corrected chi connectivity index (χ4v) is 2.27. The Morgan fingerprint density at radius 1 is 1.59 bits per heavy atom. The van der Waals surface area contributed by atoms with Crippen LogP contribution in [-0.4, -0.2) is 28.6 Å². The molecule has 4 nitrogen and oxygen atoms in total.